The molecule has 2 aromatic rings. The van der Waals surface area contributed by atoms with Crippen LogP contribution in [-0.4, -0.2) is 54.4 Å². The molecule has 0 aliphatic carbocycles. The van der Waals surface area contributed by atoms with Gasteiger partial charge in [-0.2, -0.15) is 15.1 Å². The summed E-state index contributed by atoms with van der Waals surface area (Å²) in [4.78, 5) is 16.8. The molecule has 0 spiro atoms. The van der Waals surface area contributed by atoms with Crippen LogP contribution in [0.1, 0.15) is 25.0 Å². The van der Waals surface area contributed by atoms with Gasteiger partial charge in [0, 0.05) is 5.92 Å². The molecule has 0 saturated heterocycles. The smallest absolute Gasteiger partial charge is 0.283 e. The third-order valence-corrected chi connectivity index (χ3v) is 6.88. The van der Waals surface area contributed by atoms with Crippen molar-refractivity contribution in [3.05, 3.63) is 65.8 Å². The molecular weight excluding hydrogens is 504 g/mol. The number of nitrogens with one attached hydrogen (secondary N) is 1. The molecule has 0 bridgehead atoms. The van der Waals surface area contributed by atoms with E-state index in [4.69, 9.17) is 24.4 Å². The van der Waals surface area contributed by atoms with Gasteiger partial charge in [0.05, 0.1) is 19.8 Å². The third-order valence-electron chi connectivity index (χ3n) is 5.67. The normalized spacial score (nSPS) is 15.8. The van der Waals surface area contributed by atoms with Crippen molar-refractivity contribution in [2.45, 2.75) is 20.3 Å². The number of methoxy groups -OCH3 is 2. The van der Waals surface area contributed by atoms with Crippen LogP contribution < -0.4 is 18.9 Å². The average molecular weight is 535 g/mol. The summed E-state index contributed by atoms with van der Waals surface area (Å²) in [6.45, 7) is 8.35. The number of carbonyl (C=O) groups is 1. The van der Waals surface area contributed by atoms with Crippen molar-refractivity contribution in [2.24, 2.45) is 16.0 Å². The maximum atomic E-state index is 12.7. The molecule has 2 aliphatic heterocycles. The summed E-state index contributed by atoms with van der Waals surface area (Å²) in [5.74, 6) is 1.99. The second-order valence-corrected chi connectivity index (χ2v) is 9.69. The number of thioether (sulfide) groups is 1. The number of allylic oxidation sites excluding steroid dienone is 1. The van der Waals surface area contributed by atoms with Gasteiger partial charge in [0.15, 0.2) is 28.8 Å². The van der Waals surface area contributed by atoms with Gasteiger partial charge in [0.25, 0.3) is 5.91 Å². The number of ether oxygens (including phenoxy) is 4. The van der Waals surface area contributed by atoms with Gasteiger partial charge in [-0.1, -0.05) is 32.1 Å². The van der Waals surface area contributed by atoms with Gasteiger partial charge in [-0.25, -0.2) is 0 Å². The zero-order chi connectivity index (χ0) is 27.2. The van der Waals surface area contributed by atoms with Crippen molar-refractivity contribution >= 4 is 39.8 Å². The Labute approximate surface area is 226 Å². The topological polar surface area (TPSA) is 106 Å². The SMILES string of the molecule is C=CCc1ccc(OCCOc2ccc(/C=C3/C(=N)N4N=C(C(C)C)SC4=NC3=O)cc2OC)c(OC)c1. The number of fused-ring (bicyclic) bond motifs is 1. The number of amides is 1. The fourth-order valence-electron chi connectivity index (χ4n) is 3.73. The van der Waals surface area contributed by atoms with Gasteiger partial charge in [0.2, 0.25) is 5.17 Å². The molecule has 0 fully saturated rings. The molecule has 0 saturated carbocycles. The largest absolute Gasteiger partial charge is 0.493 e. The molecule has 9 nitrogen and oxygen atoms in total. The summed E-state index contributed by atoms with van der Waals surface area (Å²) in [6.07, 6.45) is 4.19. The lowest BCUT2D eigenvalue weighted by atomic mass is 10.1. The van der Waals surface area contributed by atoms with E-state index in [1.807, 2.05) is 38.1 Å². The highest BCUT2D eigenvalue weighted by atomic mass is 32.2. The predicted molar refractivity (Wildman–Crippen MR) is 151 cm³/mol. The molecule has 1 amide bonds. The minimum Gasteiger partial charge on any atom is -0.493 e. The van der Waals surface area contributed by atoms with E-state index >= 15 is 0 Å². The Hall–Kier alpha value is -4.05. The van der Waals surface area contributed by atoms with Crippen LogP contribution in [-0.2, 0) is 11.2 Å². The van der Waals surface area contributed by atoms with Crippen LogP contribution in [0.25, 0.3) is 6.08 Å². The number of rotatable bonds is 11. The van der Waals surface area contributed by atoms with Crippen LogP contribution in [0.5, 0.6) is 23.0 Å². The first-order chi connectivity index (χ1) is 18.3. The first-order valence-electron chi connectivity index (χ1n) is 12.1. The molecule has 198 valence electrons. The van der Waals surface area contributed by atoms with Gasteiger partial charge < -0.3 is 18.9 Å². The number of nitrogens with zero attached hydrogens (tertiary/aromatic N) is 3. The molecule has 38 heavy (non-hydrogen) atoms. The fourth-order valence-corrected chi connectivity index (χ4v) is 4.62. The second kappa shape index (κ2) is 12.0. The summed E-state index contributed by atoms with van der Waals surface area (Å²) in [5.41, 5.74) is 1.91. The lowest BCUT2D eigenvalue weighted by Gasteiger charge is -2.20. The van der Waals surface area contributed by atoms with Crippen LogP contribution >= 0.6 is 11.8 Å². The Morgan fingerprint density at radius 1 is 1.03 bits per heavy atom. The first kappa shape index (κ1) is 27.0. The Morgan fingerprint density at radius 3 is 2.32 bits per heavy atom. The highest BCUT2D eigenvalue weighted by Gasteiger charge is 2.36. The summed E-state index contributed by atoms with van der Waals surface area (Å²) in [5, 5.41) is 15.6. The summed E-state index contributed by atoms with van der Waals surface area (Å²) in [6, 6.07) is 11.0. The highest BCUT2D eigenvalue weighted by Crippen LogP contribution is 2.33. The number of aliphatic imine (C=N–C) groups is 1. The van der Waals surface area contributed by atoms with Crippen molar-refractivity contribution in [3.8, 4) is 23.0 Å². The van der Waals surface area contributed by atoms with Crippen molar-refractivity contribution in [1.82, 2.24) is 5.01 Å². The number of hydrogen-bond acceptors (Lipinski definition) is 8. The fraction of sp³-hybridized carbons (Fsp3) is 0.286. The highest BCUT2D eigenvalue weighted by molar-refractivity contribution is 8.27. The van der Waals surface area contributed by atoms with Crippen molar-refractivity contribution in [2.75, 3.05) is 27.4 Å². The maximum absolute atomic E-state index is 12.7. The standard InChI is InChI=1S/C28H30N4O5S/c1-6-7-18-8-10-21(23(15-18)34-4)36-12-13-37-22-11-9-19(16-24(22)35-5)14-20-25(29)32-28(30-26(20)33)38-27(31-32)17(2)3/h6,8-11,14-17,29H,1,7,12-13H2,2-5H3/b20-14-,29-25?. The Morgan fingerprint density at radius 2 is 1.68 bits per heavy atom. The van der Waals surface area contributed by atoms with E-state index in [2.05, 4.69) is 16.7 Å². The number of carbonyl (C=O) groups excluding carboxylic acids is 1. The van der Waals surface area contributed by atoms with Crippen molar-refractivity contribution in [3.63, 3.8) is 0 Å². The van der Waals surface area contributed by atoms with Crippen molar-refractivity contribution < 1.29 is 23.7 Å². The van der Waals surface area contributed by atoms with Crippen LogP contribution in [0.3, 0.4) is 0 Å². The molecule has 4 rings (SSSR count). The van der Waals surface area contributed by atoms with Crippen LogP contribution in [0.4, 0.5) is 0 Å². The molecule has 0 aromatic heterocycles. The molecule has 0 unspecified atom stereocenters. The summed E-state index contributed by atoms with van der Waals surface area (Å²) in [7, 11) is 3.14. The number of hydrogen-bond donors (Lipinski definition) is 1. The molecule has 1 N–H and O–H groups in total. The average Bonchev–Trinajstić information content (AvgIpc) is 3.34. The lowest BCUT2D eigenvalue weighted by molar-refractivity contribution is -0.114. The quantitative estimate of drug-likeness (QED) is 0.241. The van der Waals surface area contributed by atoms with Gasteiger partial charge in [0.1, 0.15) is 18.3 Å². The molecule has 2 heterocycles. The maximum Gasteiger partial charge on any atom is 0.283 e. The Bertz CT molecular complexity index is 1350. The van der Waals surface area contributed by atoms with Gasteiger partial charge in [-0.3, -0.25) is 10.2 Å². The Balaban J connectivity index is 1.42. The minimum atomic E-state index is -0.474. The van der Waals surface area contributed by atoms with Crippen LogP contribution in [0, 0.1) is 11.3 Å². The number of amidine groups is 2. The van der Waals surface area contributed by atoms with E-state index in [1.54, 1.807) is 38.5 Å². The summed E-state index contributed by atoms with van der Waals surface area (Å²) < 4.78 is 22.7. The zero-order valence-electron chi connectivity index (χ0n) is 21.8. The van der Waals surface area contributed by atoms with Gasteiger partial charge in [-0.05, 0) is 59.7 Å². The zero-order valence-corrected chi connectivity index (χ0v) is 22.6. The summed E-state index contributed by atoms with van der Waals surface area (Å²) >= 11 is 1.32. The van der Waals surface area contributed by atoms with E-state index in [-0.39, 0.29) is 23.9 Å². The van der Waals surface area contributed by atoms with E-state index in [0.29, 0.717) is 40.3 Å². The second-order valence-electron chi connectivity index (χ2n) is 8.70. The molecule has 10 heteroatoms. The molecule has 0 atom stereocenters. The van der Waals surface area contributed by atoms with Gasteiger partial charge >= 0.3 is 0 Å². The van der Waals surface area contributed by atoms with E-state index in [0.717, 1.165) is 17.0 Å². The molecule has 2 aromatic carbocycles. The number of benzene rings is 2. The number of hydrazone groups is 1. The molecular formula is C28H30N4O5S. The lowest BCUT2D eigenvalue weighted by Crippen LogP contribution is -2.35. The van der Waals surface area contributed by atoms with Crippen LogP contribution in [0.15, 0.2) is 64.7 Å². The van der Waals surface area contributed by atoms with Crippen LogP contribution in [0.2, 0.25) is 0 Å². The third kappa shape index (κ3) is 5.91. The van der Waals surface area contributed by atoms with Gasteiger partial charge in [-0.15, -0.1) is 6.58 Å². The van der Waals surface area contributed by atoms with Crippen molar-refractivity contribution in [1.29, 1.82) is 5.41 Å². The monoisotopic (exact) mass is 534 g/mol. The van der Waals surface area contributed by atoms with E-state index < -0.39 is 5.91 Å². The first-order valence-corrected chi connectivity index (χ1v) is 12.9. The Kier molecular flexibility index (Phi) is 8.52. The molecule has 0 radical (unpaired) electrons. The van der Waals surface area contributed by atoms with E-state index in [9.17, 15) is 4.79 Å². The van der Waals surface area contributed by atoms with E-state index in [1.165, 1.54) is 16.8 Å². The molecule has 2 aliphatic rings. The minimum absolute atomic E-state index is 0.00690. The predicted octanol–water partition coefficient (Wildman–Crippen LogP) is 5.17.